The molecule has 3 nitrogen and oxygen atoms in total. The van der Waals surface area contributed by atoms with Crippen LogP contribution >= 0.6 is 63.7 Å². The quantitative estimate of drug-likeness (QED) is 0.222. The Kier molecular flexibility index (Phi) is 5.48. The van der Waals surface area contributed by atoms with E-state index in [0.717, 1.165) is 28.2 Å². The number of rotatable bonds is 4. The monoisotopic (exact) mass is 529 g/mol. The molecule has 7 heteroatoms. The van der Waals surface area contributed by atoms with E-state index in [9.17, 15) is 9.59 Å². The highest BCUT2D eigenvalue weighted by Crippen LogP contribution is 2.45. The third-order valence-corrected chi connectivity index (χ3v) is 7.94. The molecule has 0 spiro atoms. The van der Waals surface area contributed by atoms with Crippen molar-refractivity contribution in [3.63, 3.8) is 0 Å². The molecule has 1 aromatic carbocycles. The molecular weight excluding hydrogens is 522 g/mol. The first kappa shape index (κ1) is 16.6. The molecule has 0 fully saturated rings. The van der Waals surface area contributed by atoms with Crippen molar-refractivity contribution in [2.24, 2.45) is 0 Å². The van der Waals surface area contributed by atoms with E-state index in [0.29, 0.717) is 26.6 Å². The minimum atomic E-state index is -0.234. The van der Waals surface area contributed by atoms with Gasteiger partial charge in [-0.2, -0.15) is 0 Å². The number of amides is 2. The number of halogens is 4. The lowest BCUT2D eigenvalue weighted by molar-refractivity contribution is 0.0651. The standard InChI is InChI=1S/C13H11Br4NO2/c1-2-3-4-5-18-12(19)6-7(13(18)20)9(15)11(17)10(16)8(6)14/h2-5H2,1H3. The number of carbonyl (C=O) groups is 2. The first-order valence-corrected chi connectivity index (χ1v) is 9.31. The van der Waals surface area contributed by atoms with E-state index < -0.39 is 0 Å². The molecular formula is C13H11Br4NO2. The molecule has 108 valence electrons. The summed E-state index contributed by atoms with van der Waals surface area (Å²) in [6, 6.07) is 0. The molecule has 0 atom stereocenters. The van der Waals surface area contributed by atoms with Crippen LogP contribution in [0.5, 0.6) is 0 Å². The van der Waals surface area contributed by atoms with Gasteiger partial charge in [0.2, 0.25) is 0 Å². The molecule has 0 radical (unpaired) electrons. The molecule has 1 aliphatic rings. The molecule has 2 rings (SSSR count). The van der Waals surface area contributed by atoms with Crippen LogP contribution in [0.15, 0.2) is 17.9 Å². The molecule has 0 N–H and O–H groups in total. The van der Waals surface area contributed by atoms with Crippen molar-refractivity contribution < 1.29 is 9.59 Å². The molecule has 1 aliphatic heterocycles. The van der Waals surface area contributed by atoms with E-state index in [1.165, 1.54) is 4.90 Å². The molecule has 20 heavy (non-hydrogen) atoms. The molecule has 0 bridgehead atoms. The number of benzene rings is 1. The Bertz CT molecular complexity index is 554. The third-order valence-electron chi connectivity index (χ3n) is 3.17. The zero-order valence-electron chi connectivity index (χ0n) is 10.6. The molecule has 0 saturated heterocycles. The summed E-state index contributed by atoms with van der Waals surface area (Å²) in [6.07, 6.45) is 2.89. The Hall–Kier alpha value is 0.280. The van der Waals surface area contributed by atoms with Crippen molar-refractivity contribution in [2.45, 2.75) is 26.2 Å². The molecule has 0 saturated carbocycles. The average Bonchev–Trinajstić information content (AvgIpc) is 2.67. The fourth-order valence-corrected chi connectivity index (χ4v) is 4.58. The predicted molar refractivity (Wildman–Crippen MR) is 92.1 cm³/mol. The van der Waals surface area contributed by atoms with Crippen LogP contribution in [0, 0.1) is 0 Å². The third kappa shape index (κ3) is 2.66. The summed E-state index contributed by atoms with van der Waals surface area (Å²) in [5.74, 6) is -0.469. The summed E-state index contributed by atoms with van der Waals surface area (Å²) in [6.45, 7) is 2.55. The van der Waals surface area contributed by atoms with Gasteiger partial charge < -0.3 is 0 Å². The number of imide groups is 1. The maximum atomic E-state index is 12.5. The van der Waals surface area contributed by atoms with Gasteiger partial charge in [0.05, 0.1) is 11.1 Å². The predicted octanol–water partition coefficient (Wildman–Crippen LogP) is 5.52. The van der Waals surface area contributed by atoms with E-state index in [-0.39, 0.29) is 11.8 Å². The summed E-state index contributed by atoms with van der Waals surface area (Å²) < 4.78 is 2.66. The first-order chi connectivity index (χ1) is 9.41. The molecule has 1 aromatic rings. The Morgan fingerprint density at radius 2 is 1.25 bits per heavy atom. The second kappa shape index (κ2) is 6.58. The molecule has 0 aliphatic carbocycles. The molecule has 0 aromatic heterocycles. The number of hydrogen-bond acceptors (Lipinski definition) is 2. The van der Waals surface area contributed by atoms with E-state index in [1.807, 2.05) is 0 Å². The minimum Gasteiger partial charge on any atom is -0.274 e. The first-order valence-electron chi connectivity index (χ1n) is 6.13. The Morgan fingerprint density at radius 3 is 1.65 bits per heavy atom. The van der Waals surface area contributed by atoms with Gasteiger partial charge >= 0.3 is 0 Å². The van der Waals surface area contributed by atoms with Crippen molar-refractivity contribution in [3.05, 3.63) is 29.0 Å². The highest BCUT2D eigenvalue weighted by atomic mass is 79.9. The number of nitrogens with zero attached hydrogens (tertiary/aromatic N) is 1. The van der Waals surface area contributed by atoms with E-state index in [2.05, 4.69) is 70.6 Å². The maximum absolute atomic E-state index is 12.5. The van der Waals surface area contributed by atoms with Crippen molar-refractivity contribution >= 4 is 75.5 Å². The lowest BCUT2D eigenvalue weighted by Crippen LogP contribution is -2.30. The van der Waals surface area contributed by atoms with Crippen LogP contribution in [0.4, 0.5) is 0 Å². The van der Waals surface area contributed by atoms with Gasteiger partial charge in [0.15, 0.2) is 0 Å². The van der Waals surface area contributed by atoms with Gasteiger partial charge in [-0.15, -0.1) is 0 Å². The van der Waals surface area contributed by atoms with E-state index in [4.69, 9.17) is 0 Å². The van der Waals surface area contributed by atoms with Crippen molar-refractivity contribution in [1.82, 2.24) is 4.90 Å². The van der Waals surface area contributed by atoms with E-state index >= 15 is 0 Å². The van der Waals surface area contributed by atoms with Gasteiger partial charge in [-0.05, 0) is 70.1 Å². The smallest absolute Gasteiger partial charge is 0.262 e. The van der Waals surface area contributed by atoms with Crippen molar-refractivity contribution in [2.75, 3.05) is 6.54 Å². The Morgan fingerprint density at radius 1 is 0.800 bits per heavy atom. The Balaban J connectivity index is 2.46. The second-order valence-electron chi connectivity index (χ2n) is 4.47. The van der Waals surface area contributed by atoms with Crippen LogP contribution in [0.3, 0.4) is 0 Å². The highest BCUT2D eigenvalue weighted by Gasteiger charge is 2.40. The lowest BCUT2D eigenvalue weighted by Gasteiger charge is -2.13. The topological polar surface area (TPSA) is 37.4 Å². The zero-order chi connectivity index (χ0) is 15.0. The largest absolute Gasteiger partial charge is 0.274 e. The fraction of sp³-hybridized carbons (Fsp3) is 0.385. The average molecular weight is 533 g/mol. The van der Waals surface area contributed by atoms with Gasteiger partial charge in [0, 0.05) is 24.4 Å². The zero-order valence-corrected chi connectivity index (χ0v) is 16.9. The lowest BCUT2D eigenvalue weighted by atomic mass is 10.1. The van der Waals surface area contributed by atoms with Crippen LogP contribution in [-0.2, 0) is 0 Å². The number of fused-ring (bicyclic) bond motifs is 1. The fourth-order valence-electron chi connectivity index (χ4n) is 2.12. The van der Waals surface area contributed by atoms with Gasteiger partial charge in [-0.1, -0.05) is 19.8 Å². The maximum Gasteiger partial charge on any atom is 0.262 e. The molecule has 0 unspecified atom stereocenters. The molecule has 2 amide bonds. The SMILES string of the molecule is CCCCCN1C(=O)c2c(Br)c(Br)c(Br)c(Br)c2C1=O. The summed E-state index contributed by atoms with van der Waals surface area (Å²) in [5.41, 5.74) is 0.849. The molecule has 1 heterocycles. The highest BCUT2D eigenvalue weighted by molar-refractivity contribution is 9.15. The van der Waals surface area contributed by atoms with Gasteiger partial charge in [0.1, 0.15) is 0 Å². The van der Waals surface area contributed by atoms with Crippen LogP contribution < -0.4 is 0 Å². The van der Waals surface area contributed by atoms with Gasteiger partial charge in [-0.3, -0.25) is 14.5 Å². The van der Waals surface area contributed by atoms with Crippen LogP contribution in [0.2, 0.25) is 0 Å². The number of unbranched alkanes of at least 4 members (excludes halogenated alkanes) is 2. The summed E-state index contributed by atoms with van der Waals surface area (Å²) in [4.78, 5) is 26.2. The Labute approximate surface area is 151 Å². The number of carbonyl (C=O) groups excluding carboxylic acids is 2. The normalized spacial score (nSPS) is 14.2. The summed E-state index contributed by atoms with van der Waals surface area (Å²) in [7, 11) is 0. The van der Waals surface area contributed by atoms with Crippen LogP contribution in [-0.4, -0.2) is 23.3 Å². The van der Waals surface area contributed by atoms with Crippen molar-refractivity contribution in [3.8, 4) is 0 Å². The van der Waals surface area contributed by atoms with E-state index in [1.54, 1.807) is 0 Å². The van der Waals surface area contributed by atoms with Crippen LogP contribution in [0.1, 0.15) is 46.9 Å². The van der Waals surface area contributed by atoms with Crippen molar-refractivity contribution in [1.29, 1.82) is 0 Å². The van der Waals surface area contributed by atoms with Gasteiger partial charge in [0.25, 0.3) is 11.8 Å². The second-order valence-corrected chi connectivity index (χ2v) is 7.65. The van der Waals surface area contributed by atoms with Crippen LogP contribution in [0.25, 0.3) is 0 Å². The summed E-state index contributed by atoms with van der Waals surface area (Å²) in [5, 5.41) is 0. The minimum absolute atomic E-state index is 0.234. The summed E-state index contributed by atoms with van der Waals surface area (Å²) >= 11 is 13.6. The number of hydrogen-bond donors (Lipinski definition) is 0. The van der Waals surface area contributed by atoms with Gasteiger partial charge in [-0.25, -0.2) is 0 Å².